The van der Waals surface area contributed by atoms with Gasteiger partial charge in [-0.15, -0.1) is 6.42 Å². The van der Waals surface area contributed by atoms with Gasteiger partial charge in [-0.25, -0.2) is 0 Å². The van der Waals surface area contributed by atoms with Gasteiger partial charge in [-0.3, -0.25) is 0 Å². The van der Waals surface area contributed by atoms with E-state index in [0.29, 0.717) is 13.2 Å². The van der Waals surface area contributed by atoms with E-state index in [1.165, 1.54) is 0 Å². The first kappa shape index (κ1) is 19.6. The largest absolute Gasteiger partial charge is 0.370 e. The third-order valence-electron chi connectivity index (χ3n) is 5.19. The van der Waals surface area contributed by atoms with E-state index in [1.54, 1.807) is 0 Å². The summed E-state index contributed by atoms with van der Waals surface area (Å²) in [5.41, 5.74) is 2.25. The number of hydrogen-bond donors (Lipinski definition) is 0. The van der Waals surface area contributed by atoms with Crippen LogP contribution < -0.4 is 0 Å². The van der Waals surface area contributed by atoms with Crippen LogP contribution in [0.5, 0.6) is 0 Å². The van der Waals surface area contributed by atoms with Crippen LogP contribution in [0.1, 0.15) is 31.4 Å². The van der Waals surface area contributed by atoms with Gasteiger partial charge >= 0.3 is 0 Å². The summed E-state index contributed by atoms with van der Waals surface area (Å²) in [4.78, 5) is 0. The zero-order valence-electron chi connectivity index (χ0n) is 16.1. The lowest BCUT2D eigenvalue weighted by atomic mass is 9.86. The molecule has 3 rings (SSSR count). The Labute approximate surface area is 162 Å². The van der Waals surface area contributed by atoms with Gasteiger partial charge in [0, 0.05) is 5.92 Å². The molecule has 2 aromatic carbocycles. The van der Waals surface area contributed by atoms with Gasteiger partial charge in [0.25, 0.3) is 0 Å². The number of benzene rings is 2. The van der Waals surface area contributed by atoms with E-state index < -0.39 is 6.10 Å². The number of ether oxygens (including phenoxy) is 3. The second-order valence-electron chi connectivity index (χ2n) is 7.05. The average Bonchev–Trinajstić information content (AvgIpc) is 2.73. The van der Waals surface area contributed by atoms with Gasteiger partial charge in [-0.05, 0) is 17.5 Å². The van der Waals surface area contributed by atoms with E-state index in [0.717, 1.165) is 17.5 Å². The molecule has 3 heteroatoms. The first-order chi connectivity index (χ1) is 13.2. The van der Waals surface area contributed by atoms with Crippen LogP contribution in [-0.4, -0.2) is 24.4 Å². The molecule has 0 amide bonds. The standard InChI is InChI=1S/C24H28O3/c1-4-21-18(3)23(25-16-19-12-8-6-9-13-19)24(22(5-2)27-21)26-17-20-14-10-7-11-15-20/h2,6-15,18,21-24H,4,16-17H2,1,3H3/t18-,21-,22-,23+,24-/m1/s1. The third kappa shape index (κ3) is 4.99. The lowest BCUT2D eigenvalue weighted by Crippen LogP contribution is -2.55. The molecule has 5 atom stereocenters. The molecule has 0 bridgehead atoms. The van der Waals surface area contributed by atoms with Gasteiger partial charge in [0.1, 0.15) is 12.2 Å². The van der Waals surface area contributed by atoms with Gasteiger partial charge < -0.3 is 14.2 Å². The molecule has 0 radical (unpaired) electrons. The maximum atomic E-state index is 6.35. The molecule has 1 aliphatic rings. The number of hydrogen-bond acceptors (Lipinski definition) is 3. The molecule has 1 heterocycles. The van der Waals surface area contributed by atoms with Crippen LogP contribution in [0, 0.1) is 18.3 Å². The van der Waals surface area contributed by atoms with Crippen molar-refractivity contribution in [3.05, 3.63) is 71.8 Å². The van der Waals surface area contributed by atoms with Crippen molar-refractivity contribution < 1.29 is 14.2 Å². The predicted octanol–water partition coefficient (Wildman–Crippen LogP) is 4.60. The Hall–Kier alpha value is -2.12. The lowest BCUT2D eigenvalue weighted by Gasteiger charge is -2.44. The first-order valence-corrected chi connectivity index (χ1v) is 9.65. The molecule has 27 heavy (non-hydrogen) atoms. The highest BCUT2D eigenvalue weighted by Crippen LogP contribution is 2.32. The summed E-state index contributed by atoms with van der Waals surface area (Å²) in [5, 5.41) is 0. The van der Waals surface area contributed by atoms with Gasteiger partial charge in [0.15, 0.2) is 0 Å². The molecule has 0 aromatic heterocycles. The molecule has 3 nitrogen and oxygen atoms in total. The average molecular weight is 364 g/mol. The molecular formula is C24H28O3. The lowest BCUT2D eigenvalue weighted by molar-refractivity contribution is -0.217. The first-order valence-electron chi connectivity index (χ1n) is 9.65. The minimum atomic E-state index is -0.407. The number of rotatable bonds is 7. The van der Waals surface area contributed by atoms with Crippen molar-refractivity contribution >= 4 is 0 Å². The van der Waals surface area contributed by atoms with Crippen LogP contribution >= 0.6 is 0 Å². The zero-order valence-corrected chi connectivity index (χ0v) is 16.1. The molecule has 0 spiro atoms. The van der Waals surface area contributed by atoms with Crippen LogP contribution in [-0.2, 0) is 27.4 Å². The molecule has 2 aromatic rings. The van der Waals surface area contributed by atoms with E-state index >= 15 is 0 Å². The fourth-order valence-corrected chi connectivity index (χ4v) is 3.64. The molecule has 0 N–H and O–H groups in total. The summed E-state index contributed by atoms with van der Waals surface area (Å²) in [5.74, 6) is 2.97. The minimum absolute atomic E-state index is 0.0726. The van der Waals surface area contributed by atoms with Crippen molar-refractivity contribution in [3.63, 3.8) is 0 Å². The highest BCUT2D eigenvalue weighted by molar-refractivity contribution is 5.15. The topological polar surface area (TPSA) is 27.7 Å². The van der Waals surface area contributed by atoms with E-state index in [1.807, 2.05) is 48.5 Å². The Balaban J connectivity index is 1.75. The normalized spacial score (nSPS) is 27.8. The van der Waals surface area contributed by atoms with E-state index in [2.05, 4.69) is 31.9 Å². The summed E-state index contributed by atoms with van der Waals surface area (Å²) in [6, 6.07) is 20.3. The summed E-state index contributed by atoms with van der Waals surface area (Å²) in [6.45, 7) is 5.31. The predicted molar refractivity (Wildman–Crippen MR) is 107 cm³/mol. The molecule has 142 valence electrons. The van der Waals surface area contributed by atoms with Gasteiger partial charge in [0.2, 0.25) is 0 Å². The number of terminal acetylenes is 1. The fourth-order valence-electron chi connectivity index (χ4n) is 3.64. The van der Waals surface area contributed by atoms with Crippen LogP contribution in [0.25, 0.3) is 0 Å². The Bertz CT molecular complexity index is 722. The minimum Gasteiger partial charge on any atom is -0.370 e. The van der Waals surface area contributed by atoms with Crippen molar-refractivity contribution in [2.75, 3.05) is 0 Å². The van der Waals surface area contributed by atoms with Gasteiger partial charge in [-0.2, -0.15) is 0 Å². The van der Waals surface area contributed by atoms with Crippen molar-refractivity contribution in [1.29, 1.82) is 0 Å². The summed E-state index contributed by atoms with van der Waals surface area (Å²) in [7, 11) is 0. The second kappa shape index (κ2) is 9.71. The van der Waals surface area contributed by atoms with E-state index in [-0.39, 0.29) is 24.2 Å². The Kier molecular flexibility index (Phi) is 7.06. The Morgan fingerprint density at radius 3 is 1.89 bits per heavy atom. The second-order valence-corrected chi connectivity index (χ2v) is 7.05. The quantitative estimate of drug-likeness (QED) is 0.672. The van der Waals surface area contributed by atoms with Crippen LogP contribution in [0.4, 0.5) is 0 Å². The van der Waals surface area contributed by atoms with Crippen LogP contribution in [0.2, 0.25) is 0 Å². The summed E-state index contributed by atoms with van der Waals surface area (Å²) < 4.78 is 18.7. The smallest absolute Gasteiger partial charge is 0.146 e. The molecule has 1 aliphatic heterocycles. The zero-order chi connectivity index (χ0) is 19.1. The van der Waals surface area contributed by atoms with E-state index in [9.17, 15) is 0 Å². The molecule has 0 unspecified atom stereocenters. The molecule has 0 aliphatic carbocycles. The molecule has 1 saturated heterocycles. The molecule has 1 fully saturated rings. The third-order valence-corrected chi connectivity index (χ3v) is 5.19. The maximum Gasteiger partial charge on any atom is 0.146 e. The van der Waals surface area contributed by atoms with Gasteiger partial charge in [-0.1, -0.05) is 80.4 Å². The van der Waals surface area contributed by atoms with Crippen molar-refractivity contribution in [2.45, 2.75) is 57.9 Å². The monoisotopic (exact) mass is 364 g/mol. The van der Waals surface area contributed by atoms with E-state index in [4.69, 9.17) is 20.6 Å². The van der Waals surface area contributed by atoms with Crippen molar-refractivity contribution in [3.8, 4) is 12.3 Å². The highest BCUT2D eigenvalue weighted by Gasteiger charge is 2.44. The SMILES string of the molecule is C#C[C@H]1O[C@H](CC)[C@@H](C)[C@H](OCc2ccccc2)[C@@H]1OCc1ccccc1. The molecule has 0 saturated carbocycles. The van der Waals surface area contributed by atoms with Crippen LogP contribution in [0.15, 0.2) is 60.7 Å². The Morgan fingerprint density at radius 2 is 1.41 bits per heavy atom. The van der Waals surface area contributed by atoms with Crippen LogP contribution in [0.3, 0.4) is 0 Å². The highest BCUT2D eigenvalue weighted by atomic mass is 16.6. The summed E-state index contributed by atoms with van der Waals surface area (Å²) in [6.07, 6.45) is 5.94. The Morgan fingerprint density at radius 1 is 0.889 bits per heavy atom. The van der Waals surface area contributed by atoms with Crippen molar-refractivity contribution in [1.82, 2.24) is 0 Å². The summed E-state index contributed by atoms with van der Waals surface area (Å²) >= 11 is 0. The maximum absolute atomic E-state index is 6.35. The van der Waals surface area contributed by atoms with Crippen molar-refractivity contribution in [2.24, 2.45) is 5.92 Å². The fraction of sp³-hybridized carbons (Fsp3) is 0.417. The molecular weight excluding hydrogens is 336 g/mol. The van der Waals surface area contributed by atoms with Gasteiger partial charge in [0.05, 0.1) is 25.4 Å².